The molecule has 0 atom stereocenters. The van der Waals surface area contributed by atoms with E-state index in [0.717, 1.165) is 47.6 Å². The number of benzene rings is 1. The van der Waals surface area contributed by atoms with Crippen molar-refractivity contribution in [3.63, 3.8) is 0 Å². The van der Waals surface area contributed by atoms with Crippen LogP contribution in [0.4, 0.5) is 5.00 Å². The van der Waals surface area contributed by atoms with Crippen molar-refractivity contribution in [3.8, 4) is 11.3 Å². The lowest BCUT2D eigenvalue weighted by atomic mass is 10.0. The van der Waals surface area contributed by atoms with E-state index in [-0.39, 0.29) is 0 Å². The van der Waals surface area contributed by atoms with Crippen LogP contribution in [0.5, 0.6) is 0 Å². The maximum absolute atomic E-state index is 6.49. The Labute approximate surface area is 191 Å². The third-order valence-corrected chi connectivity index (χ3v) is 6.16. The standard InChI is InChI=1S/C24H36N4S2/c1-4-6-8-10-15-26-23(29)20-21(19-14-12-13-18(3)17-19)28-24(30-22(20)25)27-16-11-9-7-5-2/h12-14,17H,4-11,15-16,25H2,1-3H3,(H,26,29). The van der Waals surface area contributed by atoms with Gasteiger partial charge in [0, 0.05) is 18.7 Å². The van der Waals surface area contributed by atoms with Gasteiger partial charge in [0.25, 0.3) is 0 Å². The first-order valence-electron chi connectivity index (χ1n) is 11.2. The van der Waals surface area contributed by atoms with Crippen LogP contribution in [0.2, 0.25) is 0 Å². The zero-order chi connectivity index (χ0) is 21.8. The second-order valence-corrected chi connectivity index (χ2v) is 9.13. The fourth-order valence-corrected chi connectivity index (χ4v) is 4.45. The molecule has 0 spiro atoms. The molecule has 0 saturated carbocycles. The van der Waals surface area contributed by atoms with Gasteiger partial charge in [-0.3, -0.25) is 4.99 Å². The second-order valence-electron chi connectivity index (χ2n) is 7.71. The molecule has 30 heavy (non-hydrogen) atoms. The zero-order valence-corrected chi connectivity index (χ0v) is 20.3. The number of nitrogens with zero attached hydrogens (tertiary/aromatic N) is 2. The van der Waals surface area contributed by atoms with Crippen molar-refractivity contribution >= 4 is 33.5 Å². The SMILES string of the molecule is CCCCCCN=c1nc(-c2cccc(C)c2)c(C(=S)NCCCCCC)c(N)s1. The molecule has 0 radical (unpaired) electrons. The van der Waals surface area contributed by atoms with E-state index in [4.69, 9.17) is 27.9 Å². The number of aromatic nitrogens is 1. The van der Waals surface area contributed by atoms with Crippen LogP contribution in [-0.4, -0.2) is 23.1 Å². The third kappa shape index (κ3) is 7.80. The summed E-state index contributed by atoms with van der Waals surface area (Å²) in [7, 11) is 0. The molecule has 1 aromatic heterocycles. The first-order valence-corrected chi connectivity index (χ1v) is 12.5. The van der Waals surface area contributed by atoms with Crippen molar-refractivity contribution in [2.45, 2.75) is 72.1 Å². The number of nitrogens with two attached hydrogens (primary N) is 1. The van der Waals surface area contributed by atoms with E-state index in [2.05, 4.69) is 44.3 Å². The highest BCUT2D eigenvalue weighted by atomic mass is 32.1. The van der Waals surface area contributed by atoms with E-state index in [1.54, 1.807) is 0 Å². The van der Waals surface area contributed by atoms with Crippen LogP contribution in [0.25, 0.3) is 11.3 Å². The van der Waals surface area contributed by atoms with Crippen molar-refractivity contribution in [1.29, 1.82) is 0 Å². The number of nitrogen functional groups attached to an aromatic ring is 1. The Kier molecular flexibility index (Phi) is 11.0. The van der Waals surface area contributed by atoms with Gasteiger partial charge in [-0.05, 0) is 25.8 Å². The number of nitrogens with one attached hydrogen (secondary N) is 1. The van der Waals surface area contributed by atoms with Gasteiger partial charge in [-0.1, -0.05) is 99.7 Å². The molecule has 0 aliphatic carbocycles. The van der Waals surface area contributed by atoms with Gasteiger partial charge < -0.3 is 11.1 Å². The van der Waals surface area contributed by atoms with Crippen LogP contribution in [0.1, 0.15) is 76.3 Å². The maximum Gasteiger partial charge on any atom is 0.206 e. The van der Waals surface area contributed by atoms with Gasteiger partial charge in [-0.15, -0.1) is 0 Å². The molecular formula is C24H36N4S2. The zero-order valence-electron chi connectivity index (χ0n) is 18.7. The second kappa shape index (κ2) is 13.5. The van der Waals surface area contributed by atoms with Gasteiger partial charge in [-0.2, -0.15) is 0 Å². The van der Waals surface area contributed by atoms with Crippen LogP contribution < -0.4 is 15.9 Å². The maximum atomic E-state index is 6.49. The normalized spacial score (nSPS) is 11.6. The predicted octanol–water partition coefficient (Wildman–Crippen LogP) is 6.03. The lowest BCUT2D eigenvalue weighted by molar-refractivity contribution is 0.656. The highest BCUT2D eigenvalue weighted by Crippen LogP contribution is 2.27. The fourth-order valence-electron chi connectivity index (χ4n) is 3.28. The lowest BCUT2D eigenvalue weighted by Crippen LogP contribution is -2.26. The Morgan fingerprint density at radius 3 is 2.53 bits per heavy atom. The summed E-state index contributed by atoms with van der Waals surface area (Å²) in [6, 6.07) is 8.33. The molecule has 1 heterocycles. The molecule has 2 rings (SSSR count). The lowest BCUT2D eigenvalue weighted by Gasteiger charge is -2.14. The molecule has 0 amide bonds. The highest BCUT2D eigenvalue weighted by Gasteiger charge is 2.16. The highest BCUT2D eigenvalue weighted by molar-refractivity contribution is 7.80. The van der Waals surface area contributed by atoms with E-state index in [1.807, 2.05) is 6.07 Å². The minimum Gasteiger partial charge on any atom is -0.390 e. The Hall–Kier alpha value is -1.79. The van der Waals surface area contributed by atoms with Crippen molar-refractivity contribution in [2.75, 3.05) is 18.8 Å². The number of unbranched alkanes of at least 4 members (excludes halogenated alkanes) is 6. The molecule has 0 bridgehead atoms. The Bertz CT molecular complexity index is 874. The molecule has 0 saturated heterocycles. The van der Waals surface area contributed by atoms with Crippen molar-refractivity contribution in [2.24, 2.45) is 4.99 Å². The van der Waals surface area contributed by atoms with Crippen LogP contribution >= 0.6 is 23.6 Å². The summed E-state index contributed by atoms with van der Waals surface area (Å²) in [4.78, 5) is 11.0. The summed E-state index contributed by atoms with van der Waals surface area (Å²) in [5.41, 5.74) is 10.4. The van der Waals surface area contributed by atoms with Gasteiger partial charge in [0.15, 0.2) is 0 Å². The van der Waals surface area contributed by atoms with Gasteiger partial charge in [0.2, 0.25) is 4.80 Å². The first-order chi connectivity index (χ1) is 14.6. The third-order valence-electron chi connectivity index (χ3n) is 4.99. The van der Waals surface area contributed by atoms with Gasteiger partial charge in [0.05, 0.1) is 11.3 Å². The van der Waals surface area contributed by atoms with Gasteiger partial charge in [0.1, 0.15) is 9.99 Å². The summed E-state index contributed by atoms with van der Waals surface area (Å²) in [5, 5.41) is 4.08. The van der Waals surface area contributed by atoms with Crippen LogP contribution in [0, 0.1) is 6.92 Å². The van der Waals surface area contributed by atoms with Gasteiger partial charge >= 0.3 is 0 Å². The molecule has 2 aromatic rings. The largest absolute Gasteiger partial charge is 0.390 e. The first kappa shape index (κ1) is 24.5. The van der Waals surface area contributed by atoms with E-state index in [1.165, 1.54) is 55.4 Å². The number of anilines is 1. The van der Waals surface area contributed by atoms with Crippen molar-refractivity contribution < 1.29 is 0 Å². The Balaban J connectivity index is 2.30. The molecule has 164 valence electrons. The molecule has 6 heteroatoms. The van der Waals surface area contributed by atoms with Gasteiger partial charge in [-0.25, -0.2) is 4.98 Å². The van der Waals surface area contributed by atoms with E-state index in [0.29, 0.717) is 9.99 Å². The molecule has 4 nitrogen and oxygen atoms in total. The Morgan fingerprint density at radius 1 is 1.10 bits per heavy atom. The summed E-state index contributed by atoms with van der Waals surface area (Å²) in [6.45, 7) is 8.17. The average Bonchev–Trinajstić information content (AvgIpc) is 2.73. The average molecular weight is 445 g/mol. The van der Waals surface area contributed by atoms with Crippen molar-refractivity contribution in [3.05, 3.63) is 40.2 Å². The number of thiocarbonyl (C=S) groups is 1. The number of aryl methyl sites for hydroxylation is 1. The number of hydrogen-bond acceptors (Lipinski definition) is 5. The number of rotatable bonds is 12. The minimum absolute atomic E-state index is 0.679. The molecule has 0 fully saturated rings. The predicted molar refractivity (Wildman–Crippen MR) is 135 cm³/mol. The molecule has 0 aliphatic heterocycles. The van der Waals surface area contributed by atoms with E-state index >= 15 is 0 Å². The monoisotopic (exact) mass is 444 g/mol. The molecule has 0 aliphatic rings. The summed E-state index contributed by atoms with van der Waals surface area (Å²) in [6.07, 6.45) is 9.56. The summed E-state index contributed by atoms with van der Waals surface area (Å²) in [5.74, 6) is 0. The molecule has 0 unspecified atom stereocenters. The topological polar surface area (TPSA) is 63.3 Å². The fraction of sp³-hybridized carbons (Fsp3) is 0.542. The Morgan fingerprint density at radius 2 is 1.83 bits per heavy atom. The molecule has 1 aromatic carbocycles. The van der Waals surface area contributed by atoms with Crippen molar-refractivity contribution in [1.82, 2.24) is 10.3 Å². The quantitative estimate of drug-likeness (QED) is 0.310. The van der Waals surface area contributed by atoms with Crippen LogP contribution in [-0.2, 0) is 0 Å². The molecular weight excluding hydrogens is 408 g/mol. The molecule has 3 N–H and O–H groups in total. The summed E-state index contributed by atoms with van der Waals surface area (Å²) >= 11 is 7.16. The van der Waals surface area contributed by atoms with Crippen LogP contribution in [0.15, 0.2) is 29.3 Å². The van der Waals surface area contributed by atoms with E-state index < -0.39 is 0 Å². The number of hydrogen-bond donors (Lipinski definition) is 2. The van der Waals surface area contributed by atoms with E-state index in [9.17, 15) is 0 Å². The van der Waals surface area contributed by atoms with Crippen LogP contribution in [0.3, 0.4) is 0 Å². The summed E-state index contributed by atoms with van der Waals surface area (Å²) < 4.78 is 0. The minimum atomic E-state index is 0.679. The smallest absolute Gasteiger partial charge is 0.206 e.